The number of ether oxygens (including phenoxy) is 1. The number of benzene rings is 1. The predicted octanol–water partition coefficient (Wildman–Crippen LogP) is 2.52. The van der Waals surface area contributed by atoms with E-state index >= 15 is 0 Å². The summed E-state index contributed by atoms with van der Waals surface area (Å²) < 4.78 is 18.8. The number of hydrogen-bond donors (Lipinski definition) is 1. The van der Waals surface area contributed by atoms with Crippen molar-refractivity contribution in [2.45, 2.75) is 13.2 Å². The van der Waals surface area contributed by atoms with Gasteiger partial charge in [0, 0.05) is 30.1 Å². The van der Waals surface area contributed by atoms with Crippen molar-refractivity contribution in [3.8, 4) is 5.75 Å². The van der Waals surface area contributed by atoms with Crippen LogP contribution in [0.1, 0.15) is 11.1 Å². The molecule has 1 aromatic heterocycles. The van der Waals surface area contributed by atoms with Gasteiger partial charge in [0.05, 0.1) is 0 Å². The molecule has 0 saturated heterocycles. The van der Waals surface area contributed by atoms with E-state index < -0.39 is 0 Å². The van der Waals surface area contributed by atoms with Gasteiger partial charge in [0.2, 0.25) is 0 Å². The number of nitrogens with zero attached hydrogens (tertiary/aromatic N) is 1. The van der Waals surface area contributed by atoms with E-state index in [9.17, 15) is 4.39 Å². The topological polar surface area (TPSA) is 34.1 Å². The third kappa shape index (κ3) is 3.28. The molecule has 94 valence electrons. The second-order valence-electron chi connectivity index (χ2n) is 3.93. The Kier molecular flexibility index (Phi) is 4.25. The van der Waals surface area contributed by atoms with Gasteiger partial charge in [-0.15, -0.1) is 0 Å². The number of pyridine rings is 1. The van der Waals surface area contributed by atoms with Crippen molar-refractivity contribution in [1.29, 1.82) is 0 Å². The summed E-state index contributed by atoms with van der Waals surface area (Å²) in [7, 11) is 1.82. The van der Waals surface area contributed by atoms with Crippen LogP contribution in [0.3, 0.4) is 0 Å². The lowest BCUT2D eigenvalue weighted by Gasteiger charge is -2.11. The number of aromatic nitrogens is 1. The molecular weight excluding hydrogens is 231 g/mol. The van der Waals surface area contributed by atoms with E-state index in [0.717, 1.165) is 11.1 Å². The normalized spacial score (nSPS) is 10.3. The van der Waals surface area contributed by atoms with Crippen LogP contribution in [0.25, 0.3) is 0 Å². The van der Waals surface area contributed by atoms with Crippen LogP contribution in [-0.2, 0) is 13.2 Å². The van der Waals surface area contributed by atoms with Crippen LogP contribution < -0.4 is 10.1 Å². The summed E-state index contributed by atoms with van der Waals surface area (Å²) in [5.74, 6) is 0.434. The Morgan fingerprint density at radius 1 is 1.33 bits per heavy atom. The van der Waals surface area contributed by atoms with Crippen molar-refractivity contribution in [3.05, 3.63) is 59.7 Å². The fourth-order valence-corrected chi connectivity index (χ4v) is 1.66. The Hall–Kier alpha value is -1.94. The monoisotopic (exact) mass is 246 g/mol. The maximum atomic E-state index is 13.1. The van der Waals surface area contributed by atoms with Crippen molar-refractivity contribution in [2.24, 2.45) is 0 Å². The average Bonchev–Trinajstić information content (AvgIpc) is 2.39. The molecule has 0 spiro atoms. The summed E-state index contributed by atoms with van der Waals surface area (Å²) in [6, 6.07) is 8.33. The summed E-state index contributed by atoms with van der Waals surface area (Å²) in [5.41, 5.74) is 1.79. The molecule has 1 N–H and O–H groups in total. The molecule has 0 aliphatic heterocycles. The smallest absolute Gasteiger partial charge is 0.124 e. The van der Waals surface area contributed by atoms with E-state index in [0.29, 0.717) is 18.9 Å². The van der Waals surface area contributed by atoms with Gasteiger partial charge >= 0.3 is 0 Å². The Morgan fingerprint density at radius 2 is 2.22 bits per heavy atom. The lowest BCUT2D eigenvalue weighted by atomic mass is 10.2. The highest BCUT2D eigenvalue weighted by Gasteiger charge is 2.05. The van der Waals surface area contributed by atoms with Gasteiger partial charge in [-0.1, -0.05) is 6.07 Å². The molecule has 0 aliphatic carbocycles. The Balaban J connectivity index is 2.09. The van der Waals surface area contributed by atoms with Gasteiger partial charge in [0.25, 0.3) is 0 Å². The van der Waals surface area contributed by atoms with E-state index in [2.05, 4.69) is 10.3 Å². The first kappa shape index (κ1) is 12.5. The summed E-state index contributed by atoms with van der Waals surface area (Å²) in [5, 5.41) is 2.99. The van der Waals surface area contributed by atoms with Crippen LogP contribution in [0.15, 0.2) is 42.7 Å². The van der Waals surface area contributed by atoms with Crippen LogP contribution in [-0.4, -0.2) is 12.0 Å². The quantitative estimate of drug-likeness (QED) is 0.880. The zero-order chi connectivity index (χ0) is 12.8. The van der Waals surface area contributed by atoms with Gasteiger partial charge in [-0.2, -0.15) is 0 Å². The molecule has 0 unspecified atom stereocenters. The molecule has 4 heteroatoms. The molecule has 0 fully saturated rings. The molecule has 0 atom stereocenters. The van der Waals surface area contributed by atoms with Crippen LogP contribution in [0.2, 0.25) is 0 Å². The highest BCUT2D eigenvalue weighted by molar-refractivity contribution is 5.34. The first-order valence-electron chi connectivity index (χ1n) is 5.74. The Labute approximate surface area is 106 Å². The zero-order valence-electron chi connectivity index (χ0n) is 10.2. The number of halogens is 1. The fourth-order valence-electron chi connectivity index (χ4n) is 1.66. The van der Waals surface area contributed by atoms with Gasteiger partial charge in [0.1, 0.15) is 18.2 Å². The third-order valence-corrected chi connectivity index (χ3v) is 2.51. The van der Waals surface area contributed by atoms with Crippen molar-refractivity contribution < 1.29 is 9.13 Å². The minimum atomic E-state index is -0.256. The summed E-state index contributed by atoms with van der Waals surface area (Å²) in [6.07, 6.45) is 3.47. The van der Waals surface area contributed by atoms with E-state index in [-0.39, 0.29) is 5.82 Å². The summed E-state index contributed by atoms with van der Waals surface area (Å²) >= 11 is 0. The third-order valence-electron chi connectivity index (χ3n) is 2.51. The van der Waals surface area contributed by atoms with Crippen molar-refractivity contribution >= 4 is 0 Å². The molecule has 1 heterocycles. The molecule has 0 radical (unpaired) electrons. The Bertz CT molecular complexity index is 502. The van der Waals surface area contributed by atoms with Gasteiger partial charge in [-0.25, -0.2) is 4.39 Å². The lowest BCUT2D eigenvalue weighted by Crippen LogP contribution is -2.08. The lowest BCUT2D eigenvalue weighted by molar-refractivity contribution is 0.301. The molecule has 0 aliphatic rings. The minimum Gasteiger partial charge on any atom is -0.489 e. The molecule has 3 nitrogen and oxygen atoms in total. The molecule has 0 amide bonds. The Morgan fingerprint density at radius 3 is 2.94 bits per heavy atom. The average molecular weight is 246 g/mol. The number of hydrogen-bond acceptors (Lipinski definition) is 3. The molecule has 18 heavy (non-hydrogen) atoms. The highest BCUT2D eigenvalue weighted by atomic mass is 19.1. The number of rotatable bonds is 5. The fraction of sp³-hybridized carbons (Fsp3) is 0.214. The highest BCUT2D eigenvalue weighted by Crippen LogP contribution is 2.20. The van der Waals surface area contributed by atoms with Gasteiger partial charge in [-0.05, 0) is 31.3 Å². The second kappa shape index (κ2) is 6.12. The first-order chi connectivity index (χ1) is 8.79. The summed E-state index contributed by atoms with van der Waals surface area (Å²) in [4.78, 5) is 4.02. The van der Waals surface area contributed by atoms with E-state index in [1.165, 1.54) is 12.1 Å². The maximum absolute atomic E-state index is 13.1. The minimum absolute atomic E-state index is 0.256. The van der Waals surface area contributed by atoms with Crippen molar-refractivity contribution in [1.82, 2.24) is 10.3 Å². The standard InChI is InChI=1S/C14H15FN2O/c1-16-9-12-7-13(15)4-5-14(12)18-10-11-3-2-6-17-8-11/h2-8,16H,9-10H2,1H3. The number of nitrogens with one attached hydrogen (secondary N) is 1. The van der Waals surface area contributed by atoms with Crippen LogP contribution in [0.4, 0.5) is 4.39 Å². The molecular formula is C14H15FN2O. The van der Waals surface area contributed by atoms with Crippen LogP contribution >= 0.6 is 0 Å². The zero-order valence-corrected chi connectivity index (χ0v) is 10.2. The van der Waals surface area contributed by atoms with Crippen molar-refractivity contribution in [2.75, 3.05) is 7.05 Å². The molecule has 2 aromatic rings. The molecule has 1 aromatic carbocycles. The SMILES string of the molecule is CNCc1cc(F)ccc1OCc1cccnc1. The van der Waals surface area contributed by atoms with Crippen LogP contribution in [0, 0.1) is 5.82 Å². The first-order valence-corrected chi connectivity index (χ1v) is 5.74. The van der Waals surface area contributed by atoms with E-state index in [1.54, 1.807) is 18.5 Å². The largest absolute Gasteiger partial charge is 0.489 e. The predicted molar refractivity (Wildman–Crippen MR) is 67.7 cm³/mol. The molecule has 2 rings (SSSR count). The van der Waals surface area contributed by atoms with E-state index in [4.69, 9.17) is 4.74 Å². The molecule has 0 bridgehead atoms. The van der Waals surface area contributed by atoms with Gasteiger partial charge in [0.15, 0.2) is 0 Å². The van der Waals surface area contributed by atoms with Gasteiger partial charge in [-0.3, -0.25) is 4.98 Å². The second-order valence-corrected chi connectivity index (χ2v) is 3.93. The maximum Gasteiger partial charge on any atom is 0.124 e. The van der Waals surface area contributed by atoms with Crippen LogP contribution in [0.5, 0.6) is 5.75 Å². The van der Waals surface area contributed by atoms with Crippen molar-refractivity contribution in [3.63, 3.8) is 0 Å². The van der Waals surface area contributed by atoms with Gasteiger partial charge < -0.3 is 10.1 Å². The molecule has 0 saturated carbocycles. The summed E-state index contributed by atoms with van der Waals surface area (Å²) in [6.45, 7) is 0.996. The van der Waals surface area contributed by atoms with E-state index in [1.807, 2.05) is 19.2 Å².